The molecule has 0 aliphatic carbocycles. The van der Waals surface area contributed by atoms with Gasteiger partial charge in [-0.1, -0.05) is 54.6 Å². The van der Waals surface area contributed by atoms with E-state index in [9.17, 15) is 9.59 Å². The standard InChI is InChI=1S/C28H28N4O3/c1-19-7-5-10-23-26(19)31-25(30-23)17-20-12-14-22(15-13-20)29-27(33)24-11-6-16-32(24)28(34)35-18-21-8-3-2-4-9-21/h2-5,7-10,12-15,24H,6,11,16-18H2,1H3,(H,29,33)(H,30,31). The molecule has 3 aromatic carbocycles. The lowest BCUT2D eigenvalue weighted by molar-refractivity contribution is -0.120. The van der Waals surface area contributed by atoms with Gasteiger partial charge in [0.25, 0.3) is 0 Å². The van der Waals surface area contributed by atoms with Crippen LogP contribution in [0.25, 0.3) is 11.0 Å². The molecule has 1 aliphatic heterocycles. The maximum Gasteiger partial charge on any atom is 0.410 e. The van der Waals surface area contributed by atoms with Crippen molar-refractivity contribution < 1.29 is 14.3 Å². The van der Waals surface area contributed by atoms with Crippen molar-refractivity contribution in [2.45, 2.75) is 38.8 Å². The van der Waals surface area contributed by atoms with Gasteiger partial charge >= 0.3 is 6.09 Å². The largest absolute Gasteiger partial charge is 0.445 e. The zero-order chi connectivity index (χ0) is 24.2. The average molecular weight is 469 g/mol. The first kappa shape index (κ1) is 22.7. The van der Waals surface area contributed by atoms with Crippen LogP contribution in [0.3, 0.4) is 0 Å². The van der Waals surface area contributed by atoms with E-state index in [1.165, 1.54) is 4.90 Å². The number of para-hydroxylation sites is 1. The monoisotopic (exact) mass is 468 g/mol. The summed E-state index contributed by atoms with van der Waals surface area (Å²) in [6.07, 6.45) is 1.61. The number of anilines is 1. The quantitative estimate of drug-likeness (QED) is 0.407. The summed E-state index contributed by atoms with van der Waals surface area (Å²) in [5.41, 5.74) is 5.88. The molecular weight excluding hydrogens is 440 g/mol. The summed E-state index contributed by atoms with van der Waals surface area (Å²) in [4.78, 5) is 35.2. The molecule has 2 amide bonds. The van der Waals surface area contributed by atoms with Crippen LogP contribution in [0.4, 0.5) is 10.5 Å². The number of likely N-dealkylation sites (tertiary alicyclic amines) is 1. The first-order chi connectivity index (χ1) is 17.1. The number of benzene rings is 3. The van der Waals surface area contributed by atoms with Gasteiger partial charge in [-0.15, -0.1) is 0 Å². The van der Waals surface area contributed by atoms with Crippen molar-refractivity contribution in [3.05, 3.63) is 95.3 Å². The molecule has 35 heavy (non-hydrogen) atoms. The SMILES string of the molecule is Cc1cccc2[nH]c(Cc3ccc(NC(=O)C4CCCN4C(=O)OCc4ccccc4)cc3)nc12. The van der Waals surface area contributed by atoms with Crippen LogP contribution in [0.5, 0.6) is 0 Å². The molecule has 5 rings (SSSR count). The van der Waals surface area contributed by atoms with Crippen LogP contribution in [-0.4, -0.2) is 39.5 Å². The van der Waals surface area contributed by atoms with E-state index in [0.717, 1.165) is 40.0 Å². The molecule has 1 fully saturated rings. The number of fused-ring (bicyclic) bond motifs is 1. The third kappa shape index (κ3) is 5.19. The van der Waals surface area contributed by atoms with Crippen LogP contribution in [0.2, 0.25) is 0 Å². The summed E-state index contributed by atoms with van der Waals surface area (Å²) >= 11 is 0. The predicted molar refractivity (Wildman–Crippen MR) is 135 cm³/mol. The van der Waals surface area contributed by atoms with Gasteiger partial charge in [-0.25, -0.2) is 9.78 Å². The molecule has 4 aromatic rings. The van der Waals surface area contributed by atoms with Crippen molar-refractivity contribution in [2.75, 3.05) is 11.9 Å². The number of amides is 2. The van der Waals surface area contributed by atoms with Crippen molar-refractivity contribution in [1.29, 1.82) is 0 Å². The van der Waals surface area contributed by atoms with Gasteiger partial charge in [0.2, 0.25) is 5.91 Å². The predicted octanol–water partition coefficient (Wildman–Crippen LogP) is 5.20. The van der Waals surface area contributed by atoms with E-state index < -0.39 is 12.1 Å². The van der Waals surface area contributed by atoms with Gasteiger partial charge in [0.1, 0.15) is 18.5 Å². The van der Waals surface area contributed by atoms with Gasteiger partial charge < -0.3 is 15.0 Å². The summed E-state index contributed by atoms with van der Waals surface area (Å²) in [5, 5.41) is 2.95. The van der Waals surface area contributed by atoms with E-state index in [4.69, 9.17) is 9.72 Å². The zero-order valence-corrected chi connectivity index (χ0v) is 19.7. The minimum atomic E-state index is -0.531. The van der Waals surface area contributed by atoms with Crippen LogP contribution in [0.15, 0.2) is 72.8 Å². The number of imidazole rings is 1. The topological polar surface area (TPSA) is 87.3 Å². The summed E-state index contributed by atoms with van der Waals surface area (Å²) < 4.78 is 5.44. The van der Waals surface area contributed by atoms with Crippen molar-refractivity contribution in [3.63, 3.8) is 0 Å². The normalized spacial score (nSPS) is 15.3. The highest BCUT2D eigenvalue weighted by atomic mass is 16.6. The Hall–Kier alpha value is -4.13. The summed E-state index contributed by atoms with van der Waals surface area (Å²) in [7, 11) is 0. The fraction of sp³-hybridized carbons (Fsp3) is 0.250. The van der Waals surface area contributed by atoms with Crippen LogP contribution < -0.4 is 5.32 Å². The summed E-state index contributed by atoms with van der Waals surface area (Å²) in [5.74, 6) is 0.710. The number of aryl methyl sites for hydroxylation is 1. The first-order valence-electron chi connectivity index (χ1n) is 11.9. The number of H-pyrrole nitrogens is 1. The van der Waals surface area contributed by atoms with Gasteiger partial charge in [0.05, 0.1) is 11.0 Å². The minimum absolute atomic E-state index is 0.191. The Labute approximate surface area is 204 Å². The van der Waals surface area contributed by atoms with Crippen LogP contribution in [0, 0.1) is 6.92 Å². The van der Waals surface area contributed by atoms with E-state index in [1.807, 2.05) is 66.7 Å². The van der Waals surface area contributed by atoms with E-state index in [0.29, 0.717) is 25.1 Å². The first-order valence-corrected chi connectivity index (χ1v) is 11.9. The molecule has 1 unspecified atom stereocenters. The number of carbonyl (C=O) groups is 2. The number of hydrogen-bond donors (Lipinski definition) is 2. The number of carbonyl (C=O) groups excluding carboxylic acids is 2. The molecule has 0 saturated carbocycles. The Balaban J connectivity index is 1.18. The lowest BCUT2D eigenvalue weighted by atomic mass is 10.1. The van der Waals surface area contributed by atoms with E-state index in [2.05, 4.69) is 23.3 Å². The average Bonchev–Trinajstić information content (AvgIpc) is 3.52. The third-order valence-electron chi connectivity index (χ3n) is 6.35. The highest BCUT2D eigenvalue weighted by molar-refractivity contribution is 5.96. The second-order valence-electron chi connectivity index (χ2n) is 8.91. The lowest BCUT2D eigenvalue weighted by Crippen LogP contribution is -2.43. The zero-order valence-electron chi connectivity index (χ0n) is 19.7. The smallest absolute Gasteiger partial charge is 0.410 e. The molecule has 0 bridgehead atoms. The molecule has 2 N–H and O–H groups in total. The van der Waals surface area contributed by atoms with Gasteiger partial charge in [0, 0.05) is 18.7 Å². The van der Waals surface area contributed by atoms with Gasteiger partial charge in [-0.05, 0) is 54.7 Å². The number of nitrogens with zero attached hydrogens (tertiary/aromatic N) is 2. The maximum absolute atomic E-state index is 12.9. The number of aromatic amines is 1. The Morgan fingerprint density at radius 2 is 1.83 bits per heavy atom. The molecular formula is C28H28N4O3. The molecule has 2 heterocycles. The van der Waals surface area contributed by atoms with Gasteiger partial charge in [0.15, 0.2) is 0 Å². The Morgan fingerprint density at radius 3 is 2.60 bits per heavy atom. The van der Waals surface area contributed by atoms with Gasteiger partial charge in [-0.2, -0.15) is 0 Å². The minimum Gasteiger partial charge on any atom is -0.445 e. The number of hydrogen-bond acceptors (Lipinski definition) is 4. The second-order valence-corrected chi connectivity index (χ2v) is 8.91. The van der Waals surface area contributed by atoms with Crippen molar-refractivity contribution >= 4 is 28.7 Å². The summed E-state index contributed by atoms with van der Waals surface area (Å²) in [6.45, 7) is 2.76. The maximum atomic E-state index is 12.9. The second kappa shape index (κ2) is 10.0. The highest BCUT2D eigenvalue weighted by Gasteiger charge is 2.35. The Morgan fingerprint density at radius 1 is 1.03 bits per heavy atom. The van der Waals surface area contributed by atoms with Crippen molar-refractivity contribution in [2.24, 2.45) is 0 Å². The lowest BCUT2D eigenvalue weighted by Gasteiger charge is -2.23. The van der Waals surface area contributed by atoms with Crippen molar-refractivity contribution in [1.82, 2.24) is 14.9 Å². The van der Waals surface area contributed by atoms with Gasteiger partial charge in [-0.3, -0.25) is 9.69 Å². The highest BCUT2D eigenvalue weighted by Crippen LogP contribution is 2.22. The third-order valence-corrected chi connectivity index (χ3v) is 6.35. The molecule has 1 atom stereocenters. The molecule has 178 valence electrons. The number of aromatic nitrogens is 2. The van der Waals surface area contributed by atoms with E-state index in [1.54, 1.807) is 0 Å². The van der Waals surface area contributed by atoms with E-state index >= 15 is 0 Å². The van der Waals surface area contributed by atoms with Crippen LogP contribution in [-0.2, 0) is 22.6 Å². The fourth-order valence-corrected chi connectivity index (χ4v) is 4.50. The molecule has 0 radical (unpaired) electrons. The molecule has 7 heteroatoms. The Bertz CT molecular complexity index is 1330. The van der Waals surface area contributed by atoms with Crippen LogP contribution in [0.1, 0.15) is 35.4 Å². The molecule has 1 saturated heterocycles. The fourth-order valence-electron chi connectivity index (χ4n) is 4.50. The number of rotatable bonds is 6. The Kier molecular flexibility index (Phi) is 6.48. The van der Waals surface area contributed by atoms with Crippen molar-refractivity contribution in [3.8, 4) is 0 Å². The number of nitrogens with one attached hydrogen (secondary N) is 2. The number of ether oxygens (including phenoxy) is 1. The summed E-state index contributed by atoms with van der Waals surface area (Å²) in [6, 6.07) is 22.8. The molecule has 0 spiro atoms. The molecule has 7 nitrogen and oxygen atoms in total. The van der Waals surface area contributed by atoms with Crippen LogP contribution >= 0.6 is 0 Å². The molecule has 1 aliphatic rings. The van der Waals surface area contributed by atoms with E-state index in [-0.39, 0.29) is 12.5 Å². The molecule has 1 aromatic heterocycles.